The first-order valence-electron chi connectivity index (χ1n) is 10.1. The standard InChI is InChI=1S/C22H23Cl4N5O2/c23-13-3-5-15(25)17(11-13)32-9-1-7-22(19(27)30-21(29)31-20(22)28)8-2-10-33-18-12-14(24)4-6-16(18)26/h3-6,11-12H,1-2,7-10H2,(H5,27,28,29,30,31). The third kappa shape index (κ3) is 6.44. The number of aliphatic imine (C=N–C) groups is 2. The van der Waals surface area contributed by atoms with Crippen molar-refractivity contribution < 1.29 is 9.47 Å². The van der Waals surface area contributed by atoms with Crippen LogP contribution in [0.1, 0.15) is 25.7 Å². The Morgan fingerprint density at radius 2 is 1.18 bits per heavy atom. The Balaban J connectivity index is 1.63. The molecule has 33 heavy (non-hydrogen) atoms. The first-order chi connectivity index (χ1) is 15.7. The van der Waals surface area contributed by atoms with Crippen LogP contribution in [0.25, 0.3) is 0 Å². The number of halogens is 4. The van der Waals surface area contributed by atoms with E-state index < -0.39 is 5.41 Å². The normalized spacial score (nSPS) is 15.1. The van der Waals surface area contributed by atoms with Crippen molar-refractivity contribution >= 4 is 64.0 Å². The molecule has 0 aliphatic carbocycles. The number of benzene rings is 2. The summed E-state index contributed by atoms with van der Waals surface area (Å²) < 4.78 is 11.6. The topological polar surface area (TPSA) is 119 Å². The van der Waals surface area contributed by atoms with Crippen molar-refractivity contribution in [2.24, 2.45) is 26.9 Å². The van der Waals surface area contributed by atoms with Gasteiger partial charge in [-0.3, -0.25) is 5.41 Å². The van der Waals surface area contributed by atoms with Crippen LogP contribution in [0.5, 0.6) is 11.5 Å². The fourth-order valence-electron chi connectivity index (χ4n) is 3.52. The average Bonchev–Trinajstić information content (AvgIpc) is 2.76. The summed E-state index contributed by atoms with van der Waals surface area (Å²) >= 11 is 24.3. The summed E-state index contributed by atoms with van der Waals surface area (Å²) in [5.41, 5.74) is 11.7. The molecule has 7 nitrogen and oxygen atoms in total. The van der Waals surface area contributed by atoms with Gasteiger partial charge in [0.2, 0.25) is 5.96 Å². The van der Waals surface area contributed by atoms with Gasteiger partial charge in [-0.1, -0.05) is 46.4 Å². The Labute approximate surface area is 212 Å². The van der Waals surface area contributed by atoms with Crippen LogP contribution >= 0.6 is 46.4 Å². The Hall–Kier alpha value is -2.19. The molecule has 0 amide bonds. The SMILES string of the molecule is N=C1N=C(N)C(CCCOc2cc(Cl)ccc2Cl)(CCCOc2cc(Cl)ccc2Cl)C(N)=N1. The van der Waals surface area contributed by atoms with Gasteiger partial charge in [-0.15, -0.1) is 0 Å². The van der Waals surface area contributed by atoms with Crippen molar-refractivity contribution in [3.63, 3.8) is 0 Å². The molecule has 0 unspecified atom stereocenters. The van der Waals surface area contributed by atoms with E-state index in [0.29, 0.717) is 70.5 Å². The smallest absolute Gasteiger partial charge is 0.245 e. The van der Waals surface area contributed by atoms with Crippen LogP contribution in [0, 0.1) is 10.8 Å². The maximum atomic E-state index is 7.73. The molecule has 0 spiro atoms. The lowest BCUT2D eigenvalue weighted by Crippen LogP contribution is -2.51. The summed E-state index contributed by atoms with van der Waals surface area (Å²) in [5.74, 6) is 1.28. The summed E-state index contributed by atoms with van der Waals surface area (Å²) in [6, 6.07) is 10.0. The van der Waals surface area contributed by atoms with Gasteiger partial charge in [-0.2, -0.15) is 9.98 Å². The Morgan fingerprint density at radius 1 is 0.758 bits per heavy atom. The number of ether oxygens (including phenoxy) is 2. The molecule has 0 aromatic heterocycles. The summed E-state index contributed by atoms with van der Waals surface area (Å²) in [4.78, 5) is 8.13. The largest absolute Gasteiger partial charge is 0.492 e. The Morgan fingerprint density at radius 3 is 1.61 bits per heavy atom. The van der Waals surface area contributed by atoms with E-state index >= 15 is 0 Å². The van der Waals surface area contributed by atoms with E-state index in [2.05, 4.69) is 9.98 Å². The lowest BCUT2D eigenvalue weighted by molar-refractivity contribution is 0.270. The molecule has 0 bridgehead atoms. The number of hydrogen-bond acceptors (Lipinski definition) is 5. The maximum Gasteiger partial charge on any atom is 0.245 e. The molecule has 5 N–H and O–H groups in total. The van der Waals surface area contributed by atoms with E-state index in [4.69, 9.17) is 72.8 Å². The van der Waals surface area contributed by atoms with Gasteiger partial charge in [-0.05, 0) is 49.9 Å². The van der Waals surface area contributed by atoms with Gasteiger partial charge >= 0.3 is 0 Å². The van der Waals surface area contributed by atoms with E-state index in [-0.39, 0.29) is 17.6 Å². The lowest BCUT2D eigenvalue weighted by Gasteiger charge is -2.34. The third-order valence-electron chi connectivity index (χ3n) is 5.23. The van der Waals surface area contributed by atoms with Crippen molar-refractivity contribution in [3.8, 4) is 11.5 Å². The van der Waals surface area contributed by atoms with Crippen LogP contribution in [-0.2, 0) is 0 Å². The number of nitrogens with zero attached hydrogens (tertiary/aromatic N) is 2. The predicted octanol–water partition coefficient (Wildman–Crippen LogP) is 5.97. The fraction of sp³-hybridized carbons (Fsp3) is 0.318. The summed E-state index contributed by atoms with van der Waals surface area (Å²) in [5, 5.41) is 9.73. The average molecular weight is 531 g/mol. The second-order valence-corrected chi connectivity index (χ2v) is 9.14. The third-order valence-corrected chi connectivity index (χ3v) is 6.33. The molecule has 0 fully saturated rings. The predicted molar refractivity (Wildman–Crippen MR) is 136 cm³/mol. The van der Waals surface area contributed by atoms with Crippen molar-refractivity contribution in [2.45, 2.75) is 25.7 Å². The van der Waals surface area contributed by atoms with Crippen LogP contribution in [0.4, 0.5) is 0 Å². The Kier molecular flexibility index (Phi) is 8.70. The van der Waals surface area contributed by atoms with E-state index in [0.717, 1.165) is 0 Å². The molecule has 11 heteroatoms. The molecule has 0 saturated heterocycles. The number of hydrogen-bond donors (Lipinski definition) is 3. The highest BCUT2D eigenvalue weighted by atomic mass is 35.5. The van der Waals surface area contributed by atoms with Crippen LogP contribution in [0.2, 0.25) is 20.1 Å². The van der Waals surface area contributed by atoms with Crippen LogP contribution < -0.4 is 20.9 Å². The van der Waals surface area contributed by atoms with Gasteiger partial charge in [0, 0.05) is 22.2 Å². The number of guanidine groups is 1. The zero-order valence-corrected chi connectivity index (χ0v) is 20.6. The molecular weight excluding hydrogens is 508 g/mol. The van der Waals surface area contributed by atoms with Crippen molar-refractivity contribution in [1.29, 1.82) is 5.41 Å². The highest BCUT2D eigenvalue weighted by Gasteiger charge is 2.40. The van der Waals surface area contributed by atoms with Gasteiger partial charge in [0.05, 0.1) is 28.7 Å². The zero-order valence-electron chi connectivity index (χ0n) is 17.6. The number of nitrogens with two attached hydrogens (primary N) is 2. The van der Waals surface area contributed by atoms with Crippen molar-refractivity contribution in [1.82, 2.24) is 0 Å². The van der Waals surface area contributed by atoms with E-state index in [1.807, 2.05) is 0 Å². The van der Waals surface area contributed by atoms with Gasteiger partial charge in [0.25, 0.3) is 0 Å². The monoisotopic (exact) mass is 529 g/mol. The van der Waals surface area contributed by atoms with Crippen LogP contribution in [-0.4, -0.2) is 30.8 Å². The van der Waals surface area contributed by atoms with E-state index in [1.165, 1.54) is 0 Å². The minimum absolute atomic E-state index is 0.218. The molecule has 2 aromatic rings. The molecule has 176 valence electrons. The highest BCUT2D eigenvalue weighted by Crippen LogP contribution is 2.34. The minimum Gasteiger partial charge on any atom is -0.492 e. The second kappa shape index (κ2) is 11.3. The second-order valence-electron chi connectivity index (χ2n) is 7.45. The number of amidine groups is 2. The fourth-order valence-corrected chi connectivity index (χ4v) is 4.19. The summed E-state index contributed by atoms with van der Waals surface area (Å²) in [6.45, 7) is 0.711. The molecule has 1 aliphatic rings. The zero-order chi connectivity index (χ0) is 24.0. The highest BCUT2D eigenvalue weighted by molar-refractivity contribution is 6.34. The molecule has 0 radical (unpaired) electrons. The van der Waals surface area contributed by atoms with Gasteiger partial charge in [0.1, 0.15) is 23.2 Å². The minimum atomic E-state index is -0.812. The molecular formula is C22H23Cl4N5O2. The lowest BCUT2D eigenvalue weighted by atomic mass is 9.76. The van der Waals surface area contributed by atoms with Crippen LogP contribution in [0.15, 0.2) is 46.4 Å². The maximum absolute atomic E-state index is 7.73. The van der Waals surface area contributed by atoms with Crippen molar-refractivity contribution in [2.75, 3.05) is 13.2 Å². The van der Waals surface area contributed by atoms with Crippen LogP contribution in [0.3, 0.4) is 0 Å². The van der Waals surface area contributed by atoms with E-state index in [9.17, 15) is 0 Å². The van der Waals surface area contributed by atoms with Gasteiger partial charge in [0.15, 0.2) is 0 Å². The molecule has 0 atom stereocenters. The van der Waals surface area contributed by atoms with E-state index in [1.54, 1.807) is 36.4 Å². The molecule has 2 aromatic carbocycles. The molecule has 3 rings (SSSR count). The van der Waals surface area contributed by atoms with Gasteiger partial charge in [-0.25, -0.2) is 0 Å². The number of rotatable bonds is 10. The van der Waals surface area contributed by atoms with Gasteiger partial charge < -0.3 is 20.9 Å². The summed E-state index contributed by atoms with van der Waals surface area (Å²) in [7, 11) is 0. The Bertz CT molecular complexity index is 1010. The van der Waals surface area contributed by atoms with Crippen molar-refractivity contribution in [3.05, 3.63) is 56.5 Å². The molecule has 1 aliphatic heterocycles. The quantitative estimate of drug-likeness (QED) is 0.328. The molecule has 1 heterocycles. The first-order valence-corrected chi connectivity index (χ1v) is 11.7. The number of nitrogens with one attached hydrogen (secondary N) is 1. The molecule has 0 saturated carbocycles. The summed E-state index contributed by atoms with van der Waals surface area (Å²) in [6.07, 6.45) is 2.20. The first kappa shape index (κ1) is 25.4.